The van der Waals surface area contributed by atoms with E-state index in [-0.39, 0.29) is 11.0 Å². The van der Waals surface area contributed by atoms with Crippen LogP contribution in [0.4, 0.5) is 0 Å². The van der Waals surface area contributed by atoms with Crippen LogP contribution in [0.3, 0.4) is 0 Å². The third kappa shape index (κ3) is 5.03. The van der Waals surface area contributed by atoms with Crippen LogP contribution in [0.25, 0.3) is 0 Å². The average molecular weight is 312 g/mol. The van der Waals surface area contributed by atoms with E-state index in [1.165, 1.54) is 24.0 Å². The lowest BCUT2D eigenvalue weighted by Gasteiger charge is -2.16. The molecule has 0 aliphatic heterocycles. The van der Waals surface area contributed by atoms with E-state index >= 15 is 0 Å². The molecule has 0 heterocycles. The van der Waals surface area contributed by atoms with Crippen LogP contribution in [0.1, 0.15) is 52.9 Å². The smallest absolute Gasteiger partial charge is 0.164 e. The highest BCUT2D eigenvalue weighted by molar-refractivity contribution is 7.99. The first-order chi connectivity index (χ1) is 10.7. The minimum atomic E-state index is 0.234. The first kappa shape index (κ1) is 16.8. The molecule has 2 rings (SSSR count). The van der Waals surface area contributed by atoms with Crippen LogP contribution in [-0.2, 0) is 0 Å². The maximum absolute atomic E-state index is 12.6. The first-order valence-electron chi connectivity index (χ1n) is 7.97. The Bertz CT molecular complexity index is 574. The van der Waals surface area contributed by atoms with Crippen molar-refractivity contribution in [3.8, 4) is 0 Å². The summed E-state index contributed by atoms with van der Waals surface area (Å²) < 4.78 is 0. The second-order valence-electron chi connectivity index (χ2n) is 5.62. The number of hydrogen-bond acceptors (Lipinski definition) is 2. The van der Waals surface area contributed by atoms with E-state index in [0.29, 0.717) is 6.42 Å². The predicted octanol–water partition coefficient (Wildman–Crippen LogP) is 5.84. The number of unbranched alkanes of at least 4 members (excludes halogenated alkanes) is 1. The van der Waals surface area contributed by atoms with Gasteiger partial charge in [-0.3, -0.25) is 4.79 Å². The maximum Gasteiger partial charge on any atom is 0.164 e. The molecule has 0 N–H and O–H groups in total. The Morgan fingerprint density at radius 1 is 1.05 bits per heavy atom. The summed E-state index contributed by atoms with van der Waals surface area (Å²) in [6.07, 6.45) is 2.97. The zero-order valence-corrected chi connectivity index (χ0v) is 14.2. The van der Waals surface area contributed by atoms with Crippen molar-refractivity contribution < 1.29 is 4.79 Å². The number of thioether (sulfide) groups is 1. The largest absolute Gasteiger partial charge is 0.294 e. The molecule has 1 nitrogen and oxygen atoms in total. The molecule has 2 aromatic carbocycles. The van der Waals surface area contributed by atoms with Gasteiger partial charge in [0.15, 0.2) is 5.78 Å². The summed E-state index contributed by atoms with van der Waals surface area (Å²) in [4.78, 5) is 12.6. The second-order valence-corrected chi connectivity index (χ2v) is 6.93. The standard InChI is InChI=1S/C20H24OS/c1-3-4-14-22-20(18-8-6-5-7-9-18)15-19(21)17-12-10-16(2)11-13-17/h5-13,20H,3-4,14-15H2,1-2H3. The van der Waals surface area contributed by atoms with Crippen LogP contribution >= 0.6 is 11.8 Å². The molecular weight excluding hydrogens is 288 g/mol. The molecule has 0 aromatic heterocycles. The Morgan fingerprint density at radius 3 is 2.36 bits per heavy atom. The molecule has 0 aliphatic carbocycles. The summed E-state index contributed by atoms with van der Waals surface area (Å²) in [5, 5.41) is 0.251. The summed E-state index contributed by atoms with van der Waals surface area (Å²) in [6.45, 7) is 4.25. The highest BCUT2D eigenvalue weighted by Gasteiger charge is 2.17. The molecule has 1 atom stereocenters. The van der Waals surface area contributed by atoms with Gasteiger partial charge in [0.25, 0.3) is 0 Å². The number of hydrogen-bond donors (Lipinski definition) is 0. The predicted molar refractivity (Wildman–Crippen MR) is 96.7 cm³/mol. The van der Waals surface area contributed by atoms with Crippen LogP contribution in [0, 0.1) is 6.92 Å². The Kier molecular flexibility index (Phi) is 6.73. The van der Waals surface area contributed by atoms with Crippen molar-refractivity contribution in [2.24, 2.45) is 0 Å². The SMILES string of the molecule is CCCCSC(CC(=O)c1ccc(C)cc1)c1ccccc1. The Hall–Kier alpha value is -1.54. The van der Waals surface area contributed by atoms with E-state index < -0.39 is 0 Å². The average Bonchev–Trinajstić information content (AvgIpc) is 2.55. The summed E-state index contributed by atoms with van der Waals surface area (Å²) in [6, 6.07) is 18.3. The highest BCUT2D eigenvalue weighted by atomic mass is 32.2. The summed E-state index contributed by atoms with van der Waals surface area (Å²) in [5.74, 6) is 1.34. The molecule has 22 heavy (non-hydrogen) atoms. The van der Waals surface area contributed by atoms with Gasteiger partial charge < -0.3 is 0 Å². The van der Waals surface area contributed by atoms with Crippen LogP contribution < -0.4 is 0 Å². The number of rotatable bonds is 8. The first-order valence-corrected chi connectivity index (χ1v) is 9.02. The Labute approximate surface area is 138 Å². The fraction of sp³-hybridized carbons (Fsp3) is 0.350. The molecule has 0 spiro atoms. The van der Waals surface area contributed by atoms with E-state index in [0.717, 1.165) is 11.3 Å². The number of carbonyl (C=O) groups excluding carboxylic acids is 1. The molecular formula is C20H24OS. The maximum atomic E-state index is 12.6. The number of aryl methyl sites for hydroxylation is 1. The normalized spacial score (nSPS) is 12.1. The second kappa shape index (κ2) is 8.79. The fourth-order valence-corrected chi connectivity index (χ4v) is 3.69. The summed E-state index contributed by atoms with van der Waals surface area (Å²) in [7, 11) is 0. The van der Waals surface area contributed by atoms with Crippen molar-refractivity contribution in [2.75, 3.05) is 5.75 Å². The van der Waals surface area contributed by atoms with Gasteiger partial charge in [-0.1, -0.05) is 73.5 Å². The highest BCUT2D eigenvalue weighted by Crippen LogP contribution is 2.33. The number of Topliss-reactive ketones (excluding diaryl/α,β-unsaturated/α-hetero) is 1. The molecule has 2 heteroatoms. The fourth-order valence-electron chi connectivity index (χ4n) is 2.34. The minimum Gasteiger partial charge on any atom is -0.294 e. The van der Waals surface area contributed by atoms with Crippen molar-refractivity contribution in [1.82, 2.24) is 0 Å². The van der Waals surface area contributed by atoms with Crippen molar-refractivity contribution >= 4 is 17.5 Å². The molecule has 1 unspecified atom stereocenters. The summed E-state index contributed by atoms with van der Waals surface area (Å²) in [5.41, 5.74) is 3.26. The lowest BCUT2D eigenvalue weighted by Crippen LogP contribution is -2.06. The molecule has 0 bridgehead atoms. The third-order valence-corrected chi connectivity index (χ3v) is 5.10. The van der Waals surface area contributed by atoms with E-state index in [2.05, 4.69) is 31.2 Å². The van der Waals surface area contributed by atoms with Gasteiger partial charge in [0, 0.05) is 17.2 Å². The van der Waals surface area contributed by atoms with E-state index in [9.17, 15) is 4.79 Å². The van der Waals surface area contributed by atoms with Crippen LogP contribution in [0.15, 0.2) is 54.6 Å². The molecule has 116 valence electrons. The van der Waals surface area contributed by atoms with Gasteiger partial charge in [0.1, 0.15) is 0 Å². The van der Waals surface area contributed by atoms with E-state index in [1.54, 1.807) is 0 Å². The zero-order chi connectivity index (χ0) is 15.8. The van der Waals surface area contributed by atoms with E-state index in [4.69, 9.17) is 0 Å². The lowest BCUT2D eigenvalue weighted by atomic mass is 10.0. The monoisotopic (exact) mass is 312 g/mol. The number of carbonyl (C=O) groups is 1. The van der Waals surface area contributed by atoms with Gasteiger partial charge in [0.05, 0.1) is 0 Å². The van der Waals surface area contributed by atoms with Crippen molar-refractivity contribution in [1.29, 1.82) is 0 Å². The van der Waals surface area contributed by atoms with Gasteiger partial charge in [-0.05, 0) is 24.7 Å². The summed E-state index contributed by atoms with van der Waals surface area (Å²) >= 11 is 1.90. The Morgan fingerprint density at radius 2 is 1.73 bits per heavy atom. The molecule has 0 saturated heterocycles. The minimum absolute atomic E-state index is 0.234. The Balaban J connectivity index is 2.08. The van der Waals surface area contributed by atoms with Crippen molar-refractivity contribution in [3.63, 3.8) is 0 Å². The molecule has 0 saturated carbocycles. The van der Waals surface area contributed by atoms with Gasteiger partial charge >= 0.3 is 0 Å². The van der Waals surface area contributed by atoms with Crippen LogP contribution in [0.5, 0.6) is 0 Å². The van der Waals surface area contributed by atoms with Crippen molar-refractivity contribution in [2.45, 2.75) is 38.4 Å². The van der Waals surface area contributed by atoms with Gasteiger partial charge in [-0.2, -0.15) is 11.8 Å². The third-order valence-electron chi connectivity index (χ3n) is 3.73. The lowest BCUT2D eigenvalue weighted by molar-refractivity contribution is 0.0982. The molecule has 0 aliphatic rings. The van der Waals surface area contributed by atoms with Crippen molar-refractivity contribution in [3.05, 3.63) is 71.3 Å². The van der Waals surface area contributed by atoms with Crippen LogP contribution in [-0.4, -0.2) is 11.5 Å². The number of ketones is 1. The van der Waals surface area contributed by atoms with E-state index in [1.807, 2.05) is 49.0 Å². The van der Waals surface area contributed by atoms with Gasteiger partial charge in [-0.25, -0.2) is 0 Å². The van der Waals surface area contributed by atoms with Crippen LogP contribution in [0.2, 0.25) is 0 Å². The topological polar surface area (TPSA) is 17.1 Å². The quantitative estimate of drug-likeness (QED) is 0.450. The zero-order valence-electron chi connectivity index (χ0n) is 13.4. The molecule has 0 amide bonds. The molecule has 0 radical (unpaired) electrons. The molecule has 0 fully saturated rings. The molecule has 2 aromatic rings. The van der Waals surface area contributed by atoms with Gasteiger partial charge in [0.2, 0.25) is 0 Å². The van der Waals surface area contributed by atoms with Gasteiger partial charge in [-0.15, -0.1) is 0 Å². The number of benzene rings is 2.